The van der Waals surface area contributed by atoms with Crippen LogP contribution in [0, 0.1) is 5.92 Å². The fraction of sp³-hybridized carbons (Fsp3) is 0.500. The SMILES string of the molecule is CC1CCCCC1NC(=O)Nc1cc(O)c(O)c(O)c1. The van der Waals surface area contributed by atoms with Crippen molar-refractivity contribution in [3.63, 3.8) is 0 Å². The van der Waals surface area contributed by atoms with Gasteiger partial charge in [-0.05, 0) is 18.8 Å². The number of benzene rings is 1. The zero-order valence-electron chi connectivity index (χ0n) is 11.4. The van der Waals surface area contributed by atoms with Crippen molar-refractivity contribution in [2.24, 2.45) is 5.92 Å². The summed E-state index contributed by atoms with van der Waals surface area (Å²) in [6.07, 6.45) is 4.36. The number of hydrogen-bond donors (Lipinski definition) is 5. The third kappa shape index (κ3) is 3.26. The molecule has 5 N–H and O–H groups in total. The van der Waals surface area contributed by atoms with E-state index in [0.29, 0.717) is 5.92 Å². The molecule has 1 fully saturated rings. The molecule has 110 valence electrons. The molecule has 0 bridgehead atoms. The van der Waals surface area contributed by atoms with Gasteiger partial charge in [0.2, 0.25) is 0 Å². The molecule has 0 saturated heterocycles. The molecule has 2 amide bonds. The Hall–Kier alpha value is -2.11. The van der Waals surface area contributed by atoms with Gasteiger partial charge in [-0.3, -0.25) is 0 Å². The molecule has 20 heavy (non-hydrogen) atoms. The minimum absolute atomic E-state index is 0.142. The number of anilines is 1. The second-order valence-electron chi connectivity index (χ2n) is 5.33. The molecule has 1 saturated carbocycles. The van der Waals surface area contributed by atoms with E-state index in [1.54, 1.807) is 0 Å². The highest BCUT2D eigenvalue weighted by Gasteiger charge is 2.22. The van der Waals surface area contributed by atoms with Crippen molar-refractivity contribution in [2.45, 2.75) is 38.6 Å². The summed E-state index contributed by atoms with van der Waals surface area (Å²) in [4.78, 5) is 11.9. The fourth-order valence-corrected chi connectivity index (χ4v) is 2.54. The maximum absolute atomic E-state index is 11.9. The molecule has 0 aromatic heterocycles. The van der Waals surface area contributed by atoms with Gasteiger partial charge in [0, 0.05) is 18.2 Å². The van der Waals surface area contributed by atoms with Crippen LogP contribution in [0.3, 0.4) is 0 Å². The van der Waals surface area contributed by atoms with Gasteiger partial charge in [-0.15, -0.1) is 0 Å². The van der Waals surface area contributed by atoms with E-state index >= 15 is 0 Å². The molecule has 6 heteroatoms. The van der Waals surface area contributed by atoms with Crippen molar-refractivity contribution in [3.8, 4) is 17.2 Å². The number of carbonyl (C=O) groups excluding carboxylic acids is 1. The number of urea groups is 1. The van der Waals surface area contributed by atoms with Gasteiger partial charge < -0.3 is 26.0 Å². The van der Waals surface area contributed by atoms with Crippen LogP contribution in [-0.2, 0) is 0 Å². The Morgan fingerprint density at radius 1 is 1.15 bits per heavy atom. The van der Waals surface area contributed by atoms with Crippen molar-refractivity contribution in [2.75, 3.05) is 5.32 Å². The van der Waals surface area contributed by atoms with Crippen molar-refractivity contribution in [3.05, 3.63) is 12.1 Å². The highest BCUT2D eigenvalue weighted by Crippen LogP contribution is 2.37. The highest BCUT2D eigenvalue weighted by molar-refractivity contribution is 5.90. The van der Waals surface area contributed by atoms with E-state index in [-0.39, 0.29) is 17.8 Å². The van der Waals surface area contributed by atoms with Crippen LogP contribution in [0.25, 0.3) is 0 Å². The molecule has 2 atom stereocenters. The van der Waals surface area contributed by atoms with E-state index in [1.807, 2.05) is 0 Å². The molecular formula is C14H20N2O4. The van der Waals surface area contributed by atoms with E-state index in [4.69, 9.17) is 0 Å². The summed E-state index contributed by atoms with van der Waals surface area (Å²) in [5.41, 5.74) is 0.221. The van der Waals surface area contributed by atoms with E-state index in [2.05, 4.69) is 17.6 Å². The van der Waals surface area contributed by atoms with Crippen LogP contribution in [0.5, 0.6) is 17.2 Å². The Morgan fingerprint density at radius 2 is 1.75 bits per heavy atom. The highest BCUT2D eigenvalue weighted by atomic mass is 16.3. The van der Waals surface area contributed by atoms with Crippen molar-refractivity contribution < 1.29 is 20.1 Å². The van der Waals surface area contributed by atoms with Crippen LogP contribution < -0.4 is 10.6 Å². The van der Waals surface area contributed by atoms with Gasteiger partial charge in [-0.2, -0.15) is 0 Å². The largest absolute Gasteiger partial charge is 0.504 e. The first kappa shape index (κ1) is 14.3. The molecule has 1 aliphatic carbocycles. The third-order valence-electron chi connectivity index (χ3n) is 3.76. The molecule has 1 aromatic carbocycles. The molecule has 6 nitrogen and oxygen atoms in total. The van der Waals surface area contributed by atoms with Crippen LogP contribution in [0.4, 0.5) is 10.5 Å². The first-order valence-corrected chi connectivity index (χ1v) is 6.80. The second kappa shape index (κ2) is 5.90. The quantitative estimate of drug-likeness (QED) is 0.424. The minimum atomic E-state index is -0.600. The molecule has 0 spiro atoms. The Balaban J connectivity index is 1.97. The number of amides is 2. The number of rotatable bonds is 2. The summed E-state index contributed by atoms with van der Waals surface area (Å²) < 4.78 is 0. The monoisotopic (exact) mass is 280 g/mol. The van der Waals surface area contributed by atoms with Crippen molar-refractivity contribution in [1.29, 1.82) is 0 Å². The van der Waals surface area contributed by atoms with E-state index in [9.17, 15) is 20.1 Å². The fourth-order valence-electron chi connectivity index (χ4n) is 2.54. The summed E-state index contributed by atoms with van der Waals surface area (Å²) in [6, 6.07) is 2.12. The van der Waals surface area contributed by atoms with Gasteiger partial charge in [-0.1, -0.05) is 19.8 Å². The summed E-state index contributed by atoms with van der Waals surface area (Å²) in [5.74, 6) is -1.12. The van der Waals surface area contributed by atoms with Crippen LogP contribution in [0.15, 0.2) is 12.1 Å². The van der Waals surface area contributed by atoms with E-state index in [1.165, 1.54) is 18.6 Å². The predicted molar refractivity (Wildman–Crippen MR) is 75.0 cm³/mol. The van der Waals surface area contributed by atoms with E-state index in [0.717, 1.165) is 19.3 Å². The maximum atomic E-state index is 11.9. The summed E-state index contributed by atoms with van der Waals surface area (Å²) in [7, 11) is 0. The Bertz CT molecular complexity index is 481. The number of carbonyl (C=O) groups is 1. The molecule has 0 radical (unpaired) electrons. The predicted octanol–water partition coefficient (Wildman–Crippen LogP) is 2.50. The van der Waals surface area contributed by atoms with Crippen LogP contribution in [-0.4, -0.2) is 27.4 Å². The van der Waals surface area contributed by atoms with Gasteiger partial charge >= 0.3 is 6.03 Å². The summed E-state index contributed by atoms with van der Waals surface area (Å²) in [6.45, 7) is 2.11. The van der Waals surface area contributed by atoms with Crippen LogP contribution in [0.2, 0.25) is 0 Å². The number of hydrogen-bond acceptors (Lipinski definition) is 4. The maximum Gasteiger partial charge on any atom is 0.319 e. The lowest BCUT2D eigenvalue weighted by Gasteiger charge is -2.29. The molecule has 1 aromatic rings. The Morgan fingerprint density at radius 3 is 2.35 bits per heavy atom. The third-order valence-corrected chi connectivity index (χ3v) is 3.76. The first-order chi connectivity index (χ1) is 9.47. The van der Waals surface area contributed by atoms with Gasteiger partial charge in [0.1, 0.15) is 0 Å². The Kier molecular flexibility index (Phi) is 4.22. The normalized spacial score (nSPS) is 22.2. The van der Waals surface area contributed by atoms with Gasteiger partial charge in [0.15, 0.2) is 17.2 Å². The number of aromatic hydroxyl groups is 3. The van der Waals surface area contributed by atoms with Gasteiger partial charge in [0.25, 0.3) is 0 Å². The second-order valence-corrected chi connectivity index (χ2v) is 5.33. The molecule has 0 heterocycles. The van der Waals surface area contributed by atoms with E-state index < -0.39 is 17.2 Å². The molecule has 2 unspecified atom stereocenters. The average molecular weight is 280 g/mol. The lowest BCUT2D eigenvalue weighted by molar-refractivity contribution is 0.232. The number of nitrogens with one attached hydrogen (secondary N) is 2. The van der Waals surface area contributed by atoms with Crippen molar-refractivity contribution >= 4 is 11.7 Å². The minimum Gasteiger partial charge on any atom is -0.504 e. The average Bonchev–Trinajstić information content (AvgIpc) is 2.38. The zero-order chi connectivity index (χ0) is 14.7. The standard InChI is InChI=1S/C14H20N2O4/c1-8-4-2-3-5-10(8)16-14(20)15-9-6-11(17)13(19)12(18)7-9/h6-8,10,17-19H,2-5H2,1H3,(H2,15,16,20). The topological polar surface area (TPSA) is 102 Å². The molecule has 1 aliphatic rings. The van der Waals surface area contributed by atoms with Crippen LogP contribution >= 0.6 is 0 Å². The zero-order valence-corrected chi connectivity index (χ0v) is 11.4. The van der Waals surface area contributed by atoms with Crippen molar-refractivity contribution in [1.82, 2.24) is 5.32 Å². The lowest BCUT2D eigenvalue weighted by atomic mass is 9.86. The Labute approximate surface area is 117 Å². The summed E-state index contributed by atoms with van der Waals surface area (Å²) in [5, 5.41) is 33.4. The lowest BCUT2D eigenvalue weighted by Crippen LogP contribution is -2.43. The summed E-state index contributed by atoms with van der Waals surface area (Å²) >= 11 is 0. The molecule has 0 aliphatic heterocycles. The van der Waals surface area contributed by atoms with Gasteiger partial charge in [0.05, 0.1) is 5.69 Å². The number of phenols is 3. The molecular weight excluding hydrogens is 260 g/mol. The first-order valence-electron chi connectivity index (χ1n) is 6.80. The van der Waals surface area contributed by atoms with Gasteiger partial charge in [-0.25, -0.2) is 4.79 Å². The molecule has 2 rings (SSSR count). The van der Waals surface area contributed by atoms with Crippen LogP contribution in [0.1, 0.15) is 32.6 Å². The smallest absolute Gasteiger partial charge is 0.319 e. The number of phenolic OH excluding ortho intramolecular Hbond substituents is 3.